The summed E-state index contributed by atoms with van der Waals surface area (Å²) in [4.78, 5) is 5.16. The Kier molecular flexibility index (Phi) is 4.57. The van der Waals surface area contributed by atoms with Crippen LogP contribution in [0.5, 0.6) is 0 Å². The molecule has 3 heteroatoms. The molecule has 0 bridgehead atoms. The molecule has 94 valence electrons. The number of piperazine rings is 1. The van der Waals surface area contributed by atoms with Crippen LogP contribution in [0.15, 0.2) is 0 Å². The molecule has 0 unspecified atom stereocenters. The zero-order valence-corrected chi connectivity index (χ0v) is 11.6. The van der Waals surface area contributed by atoms with Crippen LogP contribution < -0.4 is 0 Å². The van der Waals surface area contributed by atoms with Gasteiger partial charge in [-0.3, -0.25) is 4.90 Å². The molecule has 1 atom stereocenters. The molecule has 1 saturated heterocycles. The second-order valence-corrected chi connectivity index (χ2v) is 6.46. The van der Waals surface area contributed by atoms with E-state index in [2.05, 4.69) is 36.4 Å². The minimum Gasteiger partial charge on any atom is -0.304 e. The number of nitrogens with zero attached hydrogens (tertiary/aromatic N) is 2. The molecule has 2 aliphatic rings. The summed E-state index contributed by atoms with van der Waals surface area (Å²) in [6.45, 7) is 7.32. The molecule has 1 aliphatic carbocycles. The quantitative estimate of drug-likeness (QED) is 0.741. The molecule has 0 aromatic carbocycles. The van der Waals surface area contributed by atoms with Gasteiger partial charge in [-0.1, -0.05) is 6.92 Å². The first-order chi connectivity index (χ1) is 7.66. The van der Waals surface area contributed by atoms with Crippen molar-refractivity contribution in [2.45, 2.75) is 43.9 Å². The summed E-state index contributed by atoms with van der Waals surface area (Å²) in [5, 5.41) is 0.591. The molecule has 0 amide bonds. The zero-order chi connectivity index (χ0) is 11.5. The molecule has 2 fully saturated rings. The van der Waals surface area contributed by atoms with Crippen LogP contribution in [-0.4, -0.2) is 54.3 Å². The predicted octanol–water partition coefficient (Wildman–Crippen LogP) is 2.11. The van der Waals surface area contributed by atoms with E-state index in [4.69, 9.17) is 0 Å². The maximum absolute atomic E-state index is 4.59. The highest BCUT2D eigenvalue weighted by Gasteiger charge is 2.28. The lowest BCUT2D eigenvalue weighted by atomic mass is 9.83. The average molecular weight is 242 g/mol. The molecular formula is C13H26N2S. The van der Waals surface area contributed by atoms with E-state index in [1.807, 2.05) is 0 Å². The van der Waals surface area contributed by atoms with E-state index in [0.717, 1.165) is 12.0 Å². The van der Waals surface area contributed by atoms with Gasteiger partial charge in [0, 0.05) is 37.5 Å². The van der Waals surface area contributed by atoms with E-state index in [0.29, 0.717) is 5.25 Å². The van der Waals surface area contributed by atoms with Crippen molar-refractivity contribution >= 4 is 12.6 Å². The molecular weight excluding hydrogens is 216 g/mol. The smallest absolute Gasteiger partial charge is 0.0113 e. The fourth-order valence-corrected chi connectivity index (χ4v) is 3.43. The lowest BCUT2D eigenvalue weighted by Gasteiger charge is -2.41. The number of likely N-dealkylation sites (N-methyl/N-ethyl adjacent to an activating group) is 1. The first-order valence-electron chi connectivity index (χ1n) is 6.77. The van der Waals surface area contributed by atoms with Crippen LogP contribution in [0.25, 0.3) is 0 Å². The summed E-state index contributed by atoms with van der Waals surface area (Å²) >= 11 is 4.59. The van der Waals surface area contributed by atoms with Gasteiger partial charge < -0.3 is 4.90 Å². The van der Waals surface area contributed by atoms with Crippen LogP contribution >= 0.6 is 12.6 Å². The topological polar surface area (TPSA) is 6.48 Å². The van der Waals surface area contributed by atoms with Gasteiger partial charge in [0.15, 0.2) is 0 Å². The van der Waals surface area contributed by atoms with Crippen molar-refractivity contribution in [3.63, 3.8) is 0 Å². The van der Waals surface area contributed by atoms with Crippen LogP contribution in [0.4, 0.5) is 0 Å². The predicted molar refractivity (Wildman–Crippen MR) is 73.3 cm³/mol. The summed E-state index contributed by atoms with van der Waals surface area (Å²) in [5.41, 5.74) is 0. The fraction of sp³-hybridized carbons (Fsp3) is 1.00. The van der Waals surface area contributed by atoms with Crippen molar-refractivity contribution in [1.82, 2.24) is 9.80 Å². The Morgan fingerprint density at radius 3 is 2.06 bits per heavy atom. The highest BCUT2D eigenvalue weighted by Crippen LogP contribution is 2.31. The second-order valence-electron chi connectivity index (χ2n) is 5.65. The molecule has 0 N–H and O–H groups in total. The largest absolute Gasteiger partial charge is 0.304 e. The summed E-state index contributed by atoms with van der Waals surface area (Å²) in [7, 11) is 2.23. The molecule has 1 heterocycles. The molecule has 1 saturated carbocycles. The standard InChI is InChI=1S/C13H26N2S/c1-11(16)12-3-5-13(6-4-12)15-9-7-14(2)8-10-15/h11-13,16H,3-10H2,1-2H3/t11-,12?,13?/m1/s1. The summed E-state index contributed by atoms with van der Waals surface area (Å²) in [5.74, 6) is 0.868. The van der Waals surface area contributed by atoms with Crippen LogP contribution in [0.2, 0.25) is 0 Å². The van der Waals surface area contributed by atoms with Crippen molar-refractivity contribution in [3.8, 4) is 0 Å². The third-order valence-electron chi connectivity index (χ3n) is 4.48. The van der Waals surface area contributed by atoms with E-state index >= 15 is 0 Å². The molecule has 16 heavy (non-hydrogen) atoms. The first kappa shape index (κ1) is 12.7. The Hall–Kier alpha value is 0.270. The Bertz CT molecular complexity index is 204. The summed E-state index contributed by atoms with van der Waals surface area (Å²) in [6.07, 6.45) is 5.59. The van der Waals surface area contributed by atoms with Gasteiger partial charge in [-0.2, -0.15) is 12.6 Å². The molecule has 2 nitrogen and oxygen atoms in total. The molecule has 1 aliphatic heterocycles. The van der Waals surface area contributed by atoms with E-state index in [9.17, 15) is 0 Å². The Morgan fingerprint density at radius 1 is 1.00 bits per heavy atom. The number of thiol groups is 1. The van der Waals surface area contributed by atoms with Crippen molar-refractivity contribution in [1.29, 1.82) is 0 Å². The zero-order valence-electron chi connectivity index (χ0n) is 10.7. The van der Waals surface area contributed by atoms with Crippen LogP contribution in [0.3, 0.4) is 0 Å². The SMILES string of the molecule is C[C@@H](S)C1CCC(N2CCN(C)CC2)CC1. The first-order valence-corrected chi connectivity index (χ1v) is 7.29. The second kappa shape index (κ2) is 5.74. The van der Waals surface area contributed by atoms with E-state index in [-0.39, 0.29) is 0 Å². The van der Waals surface area contributed by atoms with Crippen molar-refractivity contribution < 1.29 is 0 Å². The Morgan fingerprint density at radius 2 is 1.56 bits per heavy atom. The highest BCUT2D eigenvalue weighted by molar-refractivity contribution is 7.80. The average Bonchev–Trinajstić information content (AvgIpc) is 2.30. The van der Waals surface area contributed by atoms with Gasteiger partial charge in [-0.05, 0) is 38.6 Å². The van der Waals surface area contributed by atoms with Crippen LogP contribution in [0.1, 0.15) is 32.6 Å². The van der Waals surface area contributed by atoms with Gasteiger partial charge in [0.25, 0.3) is 0 Å². The summed E-state index contributed by atoms with van der Waals surface area (Å²) in [6, 6.07) is 0.872. The molecule has 0 aromatic rings. The van der Waals surface area contributed by atoms with Gasteiger partial charge in [-0.25, -0.2) is 0 Å². The molecule has 0 radical (unpaired) electrons. The van der Waals surface area contributed by atoms with Crippen LogP contribution in [0, 0.1) is 5.92 Å². The minimum atomic E-state index is 0.591. The van der Waals surface area contributed by atoms with Gasteiger partial charge >= 0.3 is 0 Å². The number of hydrogen-bond donors (Lipinski definition) is 1. The van der Waals surface area contributed by atoms with Gasteiger partial charge in [0.2, 0.25) is 0 Å². The fourth-order valence-electron chi connectivity index (χ4n) is 3.14. The van der Waals surface area contributed by atoms with Crippen molar-refractivity contribution in [3.05, 3.63) is 0 Å². The van der Waals surface area contributed by atoms with Gasteiger partial charge in [-0.15, -0.1) is 0 Å². The Balaban J connectivity index is 1.76. The van der Waals surface area contributed by atoms with Gasteiger partial charge in [0.1, 0.15) is 0 Å². The maximum Gasteiger partial charge on any atom is 0.0113 e. The lowest BCUT2D eigenvalue weighted by molar-refractivity contribution is 0.0815. The highest BCUT2D eigenvalue weighted by atomic mass is 32.1. The third kappa shape index (κ3) is 3.14. The lowest BCUT2D eigenvalue weighted by Crippen LogP contribution is -2.50. The minimum absolute atomic E-state index is 0.591. The third-order valence-corrected chi connectivity index (χ3v) is 4.90. The van der Waals surface area contributed by atoms with E-state index < -0.39 is 0 Å². The van der Waals surface area contributed by atoms with E-state index in [1.54, 1.807) is 0 Å². The molecule has 0 aromatic heterocycles. The summed E-state index contributed by atoms with van der Waals surface area (Å²) < 4.78 is 0. The van der Waals surface area contributed by atoms with Crippen molar-refractivity contribution in [2.24, 2.45) is 5.92 Å². The normalized spacial score (nSPS) is 36.2. The maximum atomic E-state index is 4.59. The molecule has 2 rings (SSSR count). The Labute approximate surface area is 106 Å². The number of rotatable bonds is 2. The van der Waals surface area contributed by atoms with E-state index in [1.165, 1.54) is 51.9 Å². The van der Waals surface area contributed by atoms with Gasteiger partial charge in [0.05, 0.1) is 0 Å². The number of hydrogen-bond acceptors (Lipinski definition) is 3. The monoisotopic (exact) mass is 242 g/mol. The van der Waals surface area contributed by atoms with Crippen LogP contribution in [-0.2, 0) is 0 Å². The van der Waals surface area contributed by atoms with Crippen molar-refractivity contribution in [2.75, 3.05) is 33.2 Å². The molecule has 0 spiro atoms.